The predicted molar refractivity (Wildman–Crippen MR) is 96.5 cm³/mol. The Morgan fingerprint density at radius 3 is 2.63 bits per heavy atom. The first-order valence-corrected chi connectivity index (χ1v) is 8.18. The summed E-state index contributed by atoms with van der Waals surface area (Å²) in [6, 6.07) is 4.83. The second kappa shape index (κ2) is 7.32. The number of rotatable bonds is 3. The average molecular weight is 396 g/mol. The van der Waals surface area contributed by atoms with E-state index in [1.165, 1.54) is 30.5 Å². The van der Waals surface area contributed by atoms with Crippen LogP contribution in [0.4, 0.5) is 23.7 Å². The highest BCUT2D eigenvalue weighted by Crippen LogP contribution is 2.25. The van der Waals surface area contributed by atoms with Crippen LogP contribution < -0.4 is 16.2 Å². The van der Waals surface area contributed by atoms with Crippen LogP contribution in [-0.2, 0) is 0 Å². The Balaban J connectivity index is 1.88. The van der Waals surface area contributed by atoms with E-state index in [-0.39, 0.29) is 16.1 Å². The van der Waals surface area contributed by atoms with Gasteiger partial charge in [0.15, 0.2) is 17.5 Å². The minimum absolute atomic E-state index is 0.119. The van der Waals surface area contributed by atoms with E-state index >= 15 is 0 Å². The molecule has 140 valence electrons. The van der Waals surface area contributed by atoms with E-state index in [1.807, 2.05) is 0 Å². The summed E-state index contributed by atoms with van der Waals surface area (Å²) >= 11 is 5.66. The number of amides is 2. The molecule has 1 aromatic heterocycles. The number of hydrogen-bond donors (Lipinski definition) is 3. The Bertz CT molecular complexity index is 1100. The van der Waals surface area contributed by atoms with Gasteiger partial charge < -0.3 is 15.6 Å². The van der Waals surface area contributed by atoms with Gasteiger partial charge in [-0.25, -0.2) is 18.0 Å². The molecule has 0 radical (unpaired) electrons. The van der Waals surface area contributed by atoms with Crippen molar-refractivity contribution in [3.63, 3.8) is 0 Å². The molecule has 1 heterocycles. The normalized spacial score (nSPS) is 12.0. The number of nitrogens with one attached hydrogen (secondary N) is 3. The first-order chi connectivity index (χ1) is 12.8. The number of aromatic amines is 1. The summed E-state index contributed by atoms with van der Waals surface area (Å²) in [5.74, 6) is -3.21. The first-order valence-electron chi connectivity index (χ1n) is 7.80. The third kappa shape index (κ3) is 3.61. The van der Waals surface area contributed by atoms with Gasteiger partial charge in [-0.05, 0) is 36.1 Å². The summed E-state index contributed by atoms with van der Waals surface area (Å²) < 4.78 is 41.3. The van der Waals surface area contributed by atoms with Crippen molar-refractivity contribution in [2.24, 2.45) is 0 Å². The molecule has 0 saturated carbocycles. The molecule has 9 heteroatoms. The van der Waals surface area contributed by atoms with Crippen LogP contribution in [-0.4, -0.2) is 11.0 Å². The summed E-state index contributed by atoms with van der Waals surface area (Å²) in [4.78, 5) is 26.3. The third-order valence-electron chi connectivity index (χ3n) is 4.01. The quantitative estimate of drug-likeness (QED) is 0.611. The van der Waals surface area contributed by atoms with Gasteiger partial charge >= 0.3 is 6.03 Å². The number of halogens is 4. The Morgan fingerprint density at radius 1 is 1.15 bits per heavy atom. The minimum atomic E-state index is -1.27. The molecule has 0 aliphatic carbocycles. The van der Waals surface area contributed by atoms with E-state index in [0.29, 0.717) is 5.56 Å². The van der Waals surface area contributed by atoms with Crippen molar-refractivity contribution in [1.82, 2.24) is 10.3 Å². The van der Waals surface area contributed by atoms with Crippen molar-refractivity contribution in [2.45, 2.75) is 13.0 Å². The van der Waals surface area contributed by atoms with E-state index in [0.717, 1.165) is 6.07 Å². The average Bonchev–Trinajstić information content (AvgIpc) is 2.62. The maximum atomic E-state index is 14.0. The minimum Gasteiger partial charge on any atom is -0.331 e. The molecule has 3 aromatic rings. The van der Waals surface area contributed by atoms with Gasteiger partial charge in [0.25, 0.3) is 5.56 Å². The largest absolute Gasteiger partial charge is 0.331 e. The molecule has 1 atom stereocenters. The fourth-order valence-electron chi connectivity index (χ4n) is 2.70. The van der Waals surface area contributed by atoms with Crippen molar-refractivity contribution >= 4 is 34.1 Å². The first kappa shape index (κ1) is 18.8. The van der Waals surface area contributed by atoms with Crippen LogP contribution in [0.3, 0.4) is 0 Å². The molecule has 0 fully saturated rings. The van der Waals surface area contributed by atoms with Crippen LogP contribution >= 0.6 is 11.6 Å². The second-order valence-electron chi connectivity index (χ2n) is 5.78. The molecule has 27 heavy (non-hydrogen) atoms. The van der Waals surface area contributed by atoms with E-state index in [9.17, 15) is 22.8 Å². The number of carbonyl (C=O) groups is 1. The van der Waals surface area contributed by atoms with Crippen molar-refractivity contribution in [1.29, 1.82) is 0 Å². The fourth-order valence-corrected chi connectivity index (χ4v) is 2.87. The molecule has 0 unspecified atom stereocenters. The maximum absolute atomic E-state index is 14.0. The number of fused-ring (bicyclic) bond motifs is 1. The SMILES string of the molecule is C[C@H](NC(=O)Nc1cccc(Cl)c1F)c1c[nH]c(=O)c2c(F)c(F)ccc12. The fraction of sp³-hybridized carbons (Fsp3) is 0.111. The lowest BCUT2D eigenvalue weighted by Gasteiger charge is -2.17. The van der Waals surface area contributed by atoms with Crippen molar-refractivity contribution < 1.29 is 18.0 Å². The molecule has 0 spiro atoms. The molecule has 2 aromatic carbocycles. The zero-order valence-electron chi connectivity index (χ0n) is 13.9. The number of carbonyl (C=O) groups excluding carboxylic acids is 1. The van der Waals surface area contributed by atoms with Crippen molar-refractivity contribution in [3.05, 3.63) is 74.9 Å². The number of pyridine rings is 1. The van der Waals surface area contributed by atoms with Gasteiger partial charge in [0.05, 0.1) is 22.1 Å². The monoisotopic (exact) mass is 395 g/mol. The van der Waals surface area contributed by atoms with Gasteiger partial charge in [-0.2, -0.15) is 0 Å². The molecule has 3 rings (SSSR count). The molecule has 3 N–H and O–H groups in total. The number of hydrogen-bond acceptors (Lipinski definition) is 2. The number of aromatic nitrogens is 1. The van der Waals surface area contributed by atoms with Crippen molar-refractivity contribution in [2.75, 3.05) is 5.32 Å². The number of urea groups is 1. The van der Waals surface area contributed by atoms with Gasteiger partial charge in [-0.15, -0.1) is 0 Å². The van der Waals surface area contributed by atoms with Crippen LogP contribution in [0.1, 0.15) is 18.5 Å². The molecule has 0 aliphatic heterocycles. The van der Waals surface area contributed by atoms with Crippen LogP contribution in [0.5, 0.6) is 0 Å². The lowest BCUT2D eigenvalue weighted by molar-refractivity contribution is 0.249. The lowest BCUT2D eigenvalue weighted by Crippen LogP contribution is -2.32. The molecule has 2 amide bonds. The van der Waals surface area contributed by atoms with E-state index in [4.69, 9.17) is 11.6 Å². The molecule has 0 saturated heterocycles. The summed E-state index contributed by atoms with van der Waals surface area (Å²) in [6.07, 6.45) is 1.30. The highest BCUT2D eigenvalue weighted by Gasteiger charge is 2.18. The molecular formula is C18H13ClF3N3O2. The number of benzene rings is 2. The predicted octanol–water partition coefficient (Wildman–Crippen LogP) is 4.48. The summed E-state index contributed by atoms with van der Waals surface area (Å²) in [6.45, 7) is 1.57. The van der Waals surface area contributed by atoms with Gasteiger partial charge in [-0.3, -0.25) is 4.79 Å². The number of anilines is 1. The zero-order valence-corrected chi connectivity index (χ0v) is 14.6. The molecule has 0 aliphatic rings. The van der Waals surface area contributed by atoms with E-state index in [1.54, 1.807) is 6.92 Å². The standard InChI is InChI=1S/C18H13ClF3N3O2/c1-8(24-18(27)25-13-4-2-3-11(19)15(13)21)10-7-23-17(26)14-9(10)5-6-12(20)16(14)22/h2-8H,1H3,(H,23,26)(H2,24,25,27)/t8-/m0/s1. The Hall–Kier alpha value is -3.00. The van der Waals surface area contributed by atoms with Gasteiger partial charge in [-0.1, -0.05) is 23.7 Å². The van der Waals surface area contributed by atoms with Crippen LogP contribution in [0, 0.1) is 17.5 Å². The van der Waals surface area contributed by atoms with Crippen LogP contribution in [0.2, 0.25) is 5.02 Å². The molecule has 0 bridgehead atoms. The number of H-pyrrole nitrogens is 1. The summed E-state index contributed by atoms with van der Waals surface area (Å²) in [5.41, 5.74) is -0.555. The Kier molecular flexibility index (Phi) is 5.09. The smallest absolute Gasteiger partial charge is 0.319 e. The topological polar surface area (TPSA) is 74.0 Å². The van der Waals surface area contributed by atoms with Gasteiger partial charge in [0.2, 0.25) is 0 Å². The Labute approximate surface area is 156 Å². The molecular weight excluding hydrogens is 383 g/mol. The van der Waals surface area contributed by atoms with Crippen LogP contribution in [0.25, 0.3) is 10.8 Å². The lowest BCUT2D eigenvalue weighted by atomic mass is 10.0. The van der Waals surface area contributed by atoms with Crippen LogP contribution in [0.15, 0.2) is 41.3 Å². The highest BCUT2D eigenvalue weighted by molar-refractivity contribution is 6.31. The second-order valence-corrected chi connectivity index (χ2v) is 6.19. The van der Waals surface area contributed by atoms with Crippen molar-refractivity contribution in [3.8, 4) is 0 Å². The zero-order chi connectivity index (χ0) is 19.7. The van der Waals surface area contributed by atoms with E-state index in [2.05, 4.69) is 15.6 Å². The van der Waals surface area contributed by atoms with Gasteiger partial charge in [0.1, 0.15) is 0 Å². The van der Waals surface area contributed by atoms with E-state index < -0.39 is 40.5 Å². The summed E-state index contributed by atoms with van der Waals surface area (Å²) in [5, 5.41) is 4.42. The third-order valence-corrected chi connectivity index (χ3v) is 4.30. The molecule has 5 nitrogen and oxygen atoms in total. The maximum Gasteiger partial charge on any atom is 0.319 e. The Morgan fingerprint density at radius 2 is 1.89 bits per heavy atom. The van der Waals surface area contributed by atoms with Gasteiger partial charge in [0, 0.05) is 6.20 Å². The highest BCUT2D eigenvalue weighted by atomic mass is 35.5. The summed E-state index contributed by atoms with van der Waals surface area (Å²) in [7, 11) is 0.